The Labute approximate surface area is 78.9 Å². The fourth-order valence-electron chi connectivity index (χ4n) is 0.932. The number of nitrogens with two attached hydrogens (primary N) is 1. The van der Waals surface area contributed by atoms with Gasteiger partial charge >= 0.3 is 0 Å². The summed E-state index contributed by atoms with van der Waals surface area (Å²) in [5.74, 6) is -0.178. The SMILES string of the molecule is COc1nc(C(F)F)cc(N)c1C#N. The minimum atomic E-state index is -2.74. The van der Waals surface area contributed by atoms with Crippen LogP contribution in [0.2, 0.25) is 0 Å². The van der Waals surface area contributed by atoms with Crippen LogP contribution in [0.25, 0.3) is 0 Å². The number of hydrogen-bond acceptors (Lipinski definition) is 4. The summed E-state index contributed by atoms with van der Waals surface area (Å²) < 4.78 is 29.1. The van der Waals surface area contributed by atoms with Crippen LogP contribution in [0.1, 0.15) is 17.7 Å². The maximum Gasteiger partial charge on any atom is 0.280 e. The summed E-state index contributed by atoms with van der Waals surface area (Å²) in [6, 6.07) is 2.69. The summed E-state index contributed by atoms with van der Waals surface area (Å²) in [5, 5.41) is 8.62. The van der Waals surface area contributed by atoms with Gasteiger partial charge in [0.1, 0.15) is 17.3 Å². The third-order valence-corrected chi connectivity index (χ3v) is 1.57. The smallest absolute Gasteiger partial charge is 0.280 e. The average Bonchev–Trinajstić information content (AvgIpc) is 2.16. The predicted molar refractivity (Wildman–Crippen MR) is 44.9 cm³/mol. The van der Waals surface area contributed by atoms with Gasteiger partial charge in [0, 0.05) is 0 Å². The molecule has 0 radical (unpaired) electrons. The molecule has 0 atom stereocenters. The molecule has 74 valence electrons. The molecular formula is C8H7F2N3O. The van der Waals surface area contributed by atoms with E-state index in [0.29, 0.717) is 0 Å². The van der Waals surface area contributed by atoms with Crippen molar-refractivity contribution < 1.29 is 13.5 Å². The fraction of sp³-hybridized carbons (Fsp3) is 0.250. The molecule has 0 saturated carbocycles. The Hall–Kier alpha value is -1.90. The highest BCUT2D eigenvalue weighted by Gasteiger charge is 2.16. The normalized spacial score (nSPS) is 9.93. The second kappa shape index (κ2) is 3.87. The first-order valence-electron chi connectivity index (χ1n) is 3.62. The van der Waals surface area contributed by atoms with E-state index in [-0.39, 0.29) is 17.1 Å². The zero-order chi connectivity index (χ0) is 10.7. The number of aromatic nitrogens is 1. The quantitative estimate of drug-likeness (QED) is 0.782. The molecule has 0 aromatic carbocycles. The maximum atomic E-state index is 12.2. The van der Waals surface area contributed by atoms with E-state index in [1.165, 1.54) is 7.11 Å². The van der Waals surface area contributed by atoms with Gasteiger partial charge < -0.3 is 10.5 Å². The van der Waals surface area contributed by atoms with E-state index in [0.717, 1.165) is 6.07 Å². The zero-order valence-corrected chi connectivity index (χ0v) is 7.29. The third kappa shape index (κ3) is 1.71. The Balaban J connectivity index is 3.33. The van der Waals surface area contributed by atoms with Crippen LogP contribution in [0.4, 0.5) is 14.5 Å². The van der Waals surface area contributed by atoms with Crippen LogP contribution in [0.15, 0.2) is 6.07 Å². The lowest BCUT2D eigenvalue weighted by atomic mass is 10.2. The largest absolute Gasteiger partial charge is 0.480 e. The Morgan fingerprint density at radius 3 is 2.71 bits per heavy atom. The van der Waals surface area contributed by atoms with E-state index in [1.54, 1.807) is 6.07 Å². The highest BCUT2D eigenvalue weighted by molar-refractivity contribution is 5.59. The van der Waals surface area contributed by atoms with Gasteiger partial charge in [0.15, 0.2) is 0 Å². The molecule has 2 N–H and O–H groups in total. The minimum absolute atomic E-state index is 0.0306. The number of nitrogens with zero attached hydrogens (tertiary/aromatic N) is 2. The third-order valence-electron chi connectivity index (χ3n) is 1.57. The van der Waals surface area contributed by atoms with E-state index in [2.05, 4.69) is 9.72 Å². The molecule has 1 aromatic rings. The van der Waals surface area contributed by atoms with Gasteiger partial charge in [0.2, 0.25) is 5.88 Å². The van der Waals surface area contributed by atoms with E-state index in [4.69, 9.17) is 11.0 Å². The van der Waals surface area contributed by atoms with Crippen LogP contribution >= 0.6 is 0 Å². The van der Waals surface area contributed by atoms with E-state index < -0.39 is 12.1 Å². The molecule has 0 bridgehead atoms. The van der Waals surface area contributed by atoms with Crippen LogP contribution in [-0.4, -0.2) is 12.1 Å². The van der Waals surface area contributed by atoms with Gasteiger partial charge in [0.05, 0.1) is 12.8 Å². The number of halogens is 2. The van der Waals surface area contributed by atoms with Crippen molar-refractivity contribution in [3.05, 3.63) is 17.3 Å². The van der Waals surface area contributed by atoms with Crippen molar-refractivity contribution >= 4 is 5.69 Å². The average molecular weight is 199 g/mol. The second-order valence-electron chi connectivity index (χ2n) is 2.43. The Morgan fingerprint density at radius 1 is 1.64 bits per heavy atom. The first-order valence-corrected chi connectivity index (χ1v) is 3.62. The van der Waals surface area contributed by atoms with E-state index in [1.807, 2.05) is 0 Å². The first kappa shape index (κ1) is 10.2. The summed E-state index contributed by atoms with van der Waals surface area (Å²) >= 11 is 0. The van der Waals surface area contributed by atoms with Crippen LogP contribution in [-0.2, 0) is 0 Å². The van der Waals surface area contributed by atoms with Crippen LogP contribution in [0.5, 0.6) is 5.88 Å². The monoisotopic (exact) mass is 199 g/mol. The molecule has 0 fully saturated rings. The highest BCUT2D eigenvalue weighted by Crippen LogP contribution is 2.26. The number of ether oxygens (including phenoxy) is 1. The highest BCUT2D eigenvalue weighted by atomic mass is 19.3. The molecule has 1 heterocycles. The Bertz CT molecular complexity index is 387. The molecule has 0 unspecified atom stereocenters. The molecular weight excluding hydrogens is 192 g/mol. The number of alkyl halides is 2. The molecule has 0 saturated heterocycles. The number of pyridine rings is 1. The molecule has 6 heteroatoms. The minimum Gasteiger partial charge on any atom is -0.480 e. The predicted octanol–water partition coefficient (Wildman–Crippen LogP) is 1.48. The van der Waals surface area contributed by atoms with Crippen molar-refractivity contribution in [3.8, 4) is 11.9 Å². The van der Waals surface area contributed by atoms with Gasteiger partial charge in [-0.2, -0.15) is 5.26 Å². The topological polar surface area (TPSA) is 71.9 Å². The van der Waals surface area contributed by atoms with Gasteiger partial charge in [0.25, 0.3) is 6.43 Å². The Morgan fingerprint density at radius 2 is 2.29 bits per heavy atom. The molecule has 0 aliphatic heterocycles. The summed E-state index contributed by atoms with van der Waals surface area (Å²) in [6.07, 6.45) is -2.74. The summed E-state index contributed by atoms with van der Waals surface area (Å²) in [6.45, 7) is 0. The standard InChI is InChI=1S/C8H7F2N3O/c1-14-8-4(3-11)5(12)2-6(13-8)7(9)10/h2,7H,1H3,(H2,12,13). The molecule has 0 amide bonds. The number of nitriles is 1. The lowest BCUT2D eigenvalue weighted by Crippen LogP contribution is -2.01. The lowest BCUT2D eigenvalue weighted by Gasteiger charge is -2.06. The van der Waals surface area contributed by atoms with Gasteiger partial charge in [-0.05, 0) is 6.07 Å². The van der Waals surface area contributed by atoms with Crippen molar-refractivity contribution in [2.45, 2.75) is 6.43 Å². The maximum absolute atomic E-state index is 12.2. The van der Waals surface area contributed by atoms with Crippen molar-refractivity contribution in [1.82, 2.24) is 4.98 Å². The molecule has 4 nitrogen and oxygen atoms in total. The molecule has 0 aliphatic rings. The number of methoxy groups -OCH3 is 1. The van der Waals surface area contributed by atoms with Crippen molar-refractivity contribution in [1.29, 1.82) is 5.26 Å². The first-order chi connectivity index (χ1) is 6.60. The number of rotatable bonds is 2. The van der Waals surface area contributed by atoms with Crippen LogP contribution < -0.4 is 10.5 Å². The fourth-order valence-corrected chi connectivity index (χ4v) is 0.932. The van der Waals surface area contributed by atoms with Crippen molar-refractivity contribution in [2.24, 2.45) is 0 Å². The summed E-state index contributed by atoms with van der Waals surface area (Å²) in [4.78, 5) is 3.45. The van der Waals surface area contributed by atoms with Crippen LogP contribution in [0, 0.1) is 11.3 Å². The summed E-state index contributed by atoms with van der Waals surface area (Å²) in [7, 11) is 1.23. The zero-order valence-electron chi connectivity index (χ0n) is 7.29. The van der Waals surface area contributed by atoms with E-state index >= 15 is 0 Å². The Kier molecular flexibility index (Phi) is 2.82. The molecule has 0 aliphatic carbocycles. The molecule has 1 rings (SSSR count). The van der Waals surface area contributed by atoms with E-state index in [9.17, 15) is 8.78 Å². The van der Waals surface area contributed by atoms with Crippen molar-refractivity contribution in [2.75, 3.05) is 12.8 Å². The number of nitrogen functional groups attached to an aromatic ring is 1. The lowest BCUT2D eigenvalue weighted by molar-refractivity contribution is 0.145. The molecule has 0 spiro atoms. The summed E-state index contributed by atoms with van der Waals surface area (Å²) in [5.41, 5.74) is 4.78. The van der Waals surface area contributed by atoms with Crippen LogP contribution in [0.3, 0.4) is 0 Å². The van der Waals surface area contributed by atoms with Gasteiger partial charge in [-0.3, -0.25) is 0 Å². The van der Waals surface area contributed by atoms with Gasteiger partial charge in [-0.15, -0.1) is 0 Å². The number of hydrogen-bond donors (Lipinski definition) is 1. The van der Waals surface area contributed by atoms with Crippen molar-refractivity contribution in [3.63, 3.8) is 0 Å². The molecule has 14 heavy (non-hydrogen) atoms. The molecule has 1 aromatic heterocycles. The second-order valence-corrected chi connectivity index (χ2v) is 2.43. The van der Waals surface area contributed by atoms with Gasteiger partial charge in [-0.25, -0.2) is 13.8 Å². The van der Waals surface area contributed by atoms with Gasteiger partial charge in [-0.1, -0.05) is 0 Å². The number of anilines is 1.